The number of carbonyl (C=O) groups is 1. The van der Waals surface area contributed by atoms with Crippen molar-refractivity contribution in [2.75, 3.05) is 17.6 Å². The molecule has 1 aromatic heterocycles. The van der Waals surface area contributed by atoms with Crippen molar-refractivity contribution in [3.8, 4) is 17.0 Å². The Balaban J connectivity index is 1.50. The first-order valence-corrected chi connectivity index (χ1v) is 7.89. The summed E-state index contributed by atoms with van der Waals surface area (Å²) in [5.41, 5.74) is 13.1. The minimum absolute atomic E-state index is 0.139. The van der Waals surface area contributed by atoms with Gasteiger partial charge in [0.25, 0.3) is 0 Å². The van der Waals surface area contributed by atoms with Crippen molar-refractivity contribution < 1.29 is 9.90 Å². The van der Waals surface area contributed by atoms with Gasteiger partial charge < -0.3 is 21.9 Å². The van der Waals surface area contributed by atoms with Gasteiger partial charge in [0.2, 0.25) is 5.91 Å². The van der Waals surface area contributed by atoms with Gasteiger partial charge in [-0.1, -0.05) is 12.1 Å². The smallest absolute Gasteiger partial charge is 0.223 e. The maximum Gasteiger partial charge on any atom is 0.223 e. The zero-order chi connectivity index (χ0) is 16.9. The van der Waals surface area contributed by atoms with Crippen LogP contribution in [-0.4, -0.2) is 27.8 Å². The van der Waals surface area contributed by atoms with E-state index in [9.17, 15) is 9.90 Å². The summed E-state index contributed by atoms with van der Waals surface area (Å²) in [6, 6.07) is 8.74. The molecule has 3 saturated carbocycles. The Morgan fingerprint density at radius 3 is 2.62 bits per heavy atom. The van der Waals surface area contributed by atoms with E-state index in [1.165, 1.54) is 0 Å². The van der Waals surface area contributed by atoms with Crippen LogP contribution in [0.15, 0.2) is 30.3 Å². The van der Waals surface area contributed by atoms with Crippen molar-refractivity contribution in [2.24, 2.45) is 16.6 Å². The molecule has 7 nitrogen and oxygen atoms in total. The summed E-state index contributed by atoms with van der Waals surface area (Å²) < 4.78 is 0. The molecular weight excluding hydrogens is 306 g/mol. The second-order valence-electron chi connectivity index (χ2n) is 7.07. The predicted octanol–water partition coefficient (Wildman–Crippen LogP) is 1.50. The van der Waals surface area contributed by atoms with Crippen LogP contribution in [0.1, 0.15) is 19.3 Å². The third kappa shape index (κ3) is 2.08. The molecule has 0 unspecified atom stereocenters. The van der Waals surface area contributed by atoms with E-state index in [1.807, 2.05) is 6.07 Å². The lowest BCUT2D eigenvalue weighted by Gasteiger charge is -2.69. The largest absolute Gasteiger partial charge is 0.507 e. The lowest BCUT2D eigenvalue weighted by Crippen LogP contribution is -2.69. The summed E-state index contributed by atoms with van der Waals surface area (Å²) >= 11 is 0. The molecule has 3 aliphatic carbocycles. The van der Waals surface area contributed by atoms with Crippen LogP contribution in [0, 0.1) is 10.8 Å². The number of benzene rings is 1. The molecule has 0 radical (unpaired) electrons. The van der Waals surface area contributed by atoms with Crippen molar-refractivity contribution in [3.05, 3.63) is 30.3 Å². The molecule has 0 atom stereocenters. The Bertz CT molecular complexity index is 816. The zero-order valence-corrected chi connectivity index (χ0v) is 13.1. The van der Waals surface area contributed by atoms with E-state index in [4.69, 9.17) is 11.5 Å². The number of phenolic OH excluding ortho intramolecular Hbond substituents is 1. The van der Waals surface area contributed by atoms with Crippen LogP contribution in [0.4, 0.5) is 11.5 Å². The molecule has 1 aromatic carbocycles. The Labute approximate surface area is 139 Å². The number of aromatic nitrogens is 2. The Hall–Kier alpha value is -2.83. The van der Waals surface area contributed by atoms with Gasteiger partial charge in [0.1, 0.15) is 5.75 Å². The summed E-state index contributed by atoms with van der Waals surface area (Å²) in [7, 11) is 0. The number of anilines is 2. The molecule has 24 heavy (non-hydrogen) atoms. The average molecular weight is 325 g/mol. The molecule has 0 spiro atoms. The van der Waals surface area contributed by atoms with E-state index in [-0.39, 0.29) is 22.5 Å². The number of nitrogens with one attached hydrogen (secondary N) is 1. The summed E-state index contributed by atoms with van der Waals surface area (Å²) in [5, 5.41) is 21.3. The van der Waals surface area contributed by atoms with Crippen molar-refractivity contribution in [3.63, 3.8) is 0 Å². The van der Waals surface area contributed by atoms with E-state index in [0.717, 1.165) is 25.8 Å². The molecule has 2 bridgehead atoms. The summed E-state index contributed by atoms with van der Waals surface area (Å²) in [6.07, 6.45) is 2.52. The molecule has 3 aliphatic rings. The number of nitrogen functional groups attached to an aromatic ring is 1. The van der Waals surface area contributed by atoms with Gasteiger partial charge >= 0.3 is 0 Å². The first kappa shape index (κ1) is 14.7. The zero-order valence-electron chi connectivity index (χ0n) is 13.1. The van der Waals surface area contributed by atoms with Crippen molar-refractivity contribution in [2.45, 2.75) is 19.3 Å². The van der Waals surface area contributed by atoms with Gasteiger partial charge in [0.05, 0.1) is 16.8 Å². The molecule has 0 aliphatic heterocycles. The van der Waals surface area contributed by atoms with E-state index in [0.29, 0.717) is 22.8 Å². The van der Waals surface area contributed by atoms with Crippen LogP contribution in [-0.2, 0) is 4.79 Å². The van der Waals surface area contributed by atoms with Crippen LogP contribution in [0.2, 0.25) is 0 Å². The second-order valence-corrected chi connectivity index (χ2v) is 7.07. The fraction of sp³-hybridized carbons (Fsp3) is 0.353. The maximum atomic E-state index is 11.4. The first-order valence-electron chi connectivity index (χ1n) is 7.89. The summed E-state index contributed by atoms with van der Waals surface area (Å²) in [5.74, 6) is 0.270. The van der Waals surface area contributed by atoms with E-state index in [2.05, 4.69) is 15.5 Å². The number of nitrogens with two attached hydrogens (primary N) is 2. The van der Waals surface area contributed by atoms with Crippen LogP contribution < -0.4 is 16.8 Å². The number of hydrogen-bond acceptors (Lipinski definition) is 6. The molecule has 6 N–H and O–H groups in total. The van der Waals surface area contributed by atoms with Crippen LogP contribution in [0.3, 0.4) is 0 Å². The molecule has 124 valence electrons. The minimum Gasteiger partial charge on any atom is -0.507 e. The number of para-hydroxylation sites is 1. The van der Waals surface area contributed by atoms with Gasteiger partial charge in [0.15, 0.2) is 5.82 Å². The molecule has 1 amide bonds. The number of carbonyl (C=O) groups excluding carboxylic acids is 1. The minimum atomic E-state index is -0.259. The molecule has 5 rings (SSSR count). The van der Waals surface area contributed by atoms with E-state index < -0.39 is 0 Å². The lowest BCUT2D eigenvalue weighted by molar-refractivity contribution is -0.198. The van der Waals surface area contributed by atoms with Gasteiger partial charge in [-0.15, -0.1) is 10.2 Å². The predicted molar refractivity (Wildman–Crippen MR) is 89.9 cm³/mol. The molecular formula is C17H19N5O2. The third-order valence-electron chi connectivity index (χ3n) is 5.32. The van der Waals surface area contributed by atoms with Gasteiger partial charge in [-0.3, -0.25) is 4.79 Å². The highest BCUT2D eigenvalue weighted by atomic mass is 16.3. The summed E-state index contributed by atoms with van der Waals surface area (Å²) in [4.78, 5) is 11.4. The SMILES string of the molecule is NC(=O)C12CC(CNc3cc(-c4ccccc4O)nnc3N)(C1)C2. The normalized spacial score (nSPS) is 27.0. The number of hydrogen-bond donors (Lipinski definition) is 4. The highest BCUT2D eigenvalue weighted by molar-refractivity contribution is 5.85. The average Bonchev–Trinajstić information content (AvgIpc) is 2.46. The van der Waals surface area contributed by atoms with Crippen molar-refractivity contribution in [1.29, 1.82) is 0 Å². The number of aromatic hydroxyl groups is 1. The van der Waals surface area contributed by atoms with Crippen LogP contribution in [0.25, 0.3) is 11.3 Å². The van der Waals surface area contributed by atoms with Crippen molar-refractivity contribution >= 4 is 17.4 Å². The highest BCUT2D eigenvalue weighted by Crippen LogP contribution is 2.73. The van der Waals surface area contributed by atoms with Crippen molar-refractivity contribution in [1.82, 2.24) is 10.2 Å². The fourth-order valence-electron chi connectivity index (χ4n) is 4.09. The second kappa shape index (κ2) is 4.83. The van der Waals surface area contributed by atoms with Gasteiger partial charge in [0, 0.05) is 12.1 Å². The van der Waals surface area contributed by atoms with Crippen LogP contribution in [0.5, 0.6) is 5.75 Å². The topological polar surface area (TPSA) is 127 Å². The third-order valence-corrected chi connectivity index (χ3v) is 5.32. The number of primary amides is 1. The van der Waals surface area contributed by atoms with E-state index in [1.54, 1.807) is 24.3 Å². The number of phenols is 1. The summed E-state index contributed by atoms with van der Waals surface area (Å²) in [6.45, 7) is 0.720. The number of nitrogens with zero attached hydrogens (tertiary/aromatic N) is 2. The van der Waals surface area contributed by atoms with Crippen LogP contribution >= 0.6 is 0 Å². The highest BCUT2D eigenvalue weighted by Gasteiger charge is 2.70. The van der Waals surface area contributed by atoms with Gasteiger partial charge in [-0.25, -0.2) is 0 Å². The lowest BCUT2D eigenvalue weighted by atomic mass is 9.35. The van der Waals surface area contributed by atoms with E-state index >= 15 is 0 Å². The first-order chi connectivity index (χ1) is 11.4. The fourth-order valence-corrected chi connectivity index (χ4v) is 4.09. The maximum absolute atomic E-state index is 11.4. The number of rotatable bonds is 5. The molecule has 3 fully saturated rings. The molecule has 0 saturated heterocycles. The van der Waals surface area contributed by atoms with Gasteiger partial charge in [-0.05, 0) is 42.9 Å². The molecule has 2 aromatic rings. The Kier molecular flexibility index (Phi) is 2.97. The Morgan fingerprint density at radius 1 is 1.25 bits per heavy atom. The standard InChI is InChI=1S/C17H19N5O2/c18-14-12(20-9-16-6-17(7-16,8-16)15(19)24)5-11(21-22-14)10-3-1-2-4-13(10)23/h1-5,23H,6-9H2,(H2,18,22)(H2,19,24)(H,20,21). The number of amides is 1. The Morgan fingerprint density at radius 2 is 1.96 bits per heavy atom. The quantitative estimate of drug-likeness (QED) is 0.659. The molecule has 7 heteroatoms. The molecule has 1 heterocycles. The monoisotopic (exact) mass is 325 g/mol. The van der Waals surface area contributed by atoms with Gasteiger partial charge in [-0.2, -0.15) is 0 Å².